The minimum absolute atomic E-state index is 0.0393. The number of carbonyl (C=O) groups excluding carboxylic acids is 1. The molecule has 0 spiro atoms. The Morgan fingerprint density at radius 2 is 1.54 bits per heavy atom. The molecule has 0 amide bonds. The summed E-state index contributed by atoms with van der Waals surface area (Å²) < 4.78 is 13.8. The highest BCUT2D eigenvalue weighted by Crippen LogP contribution is 2.29. The maximum Gasteiger partial charge on any atom is 0.260 e. The zero-order chi connectivity index (χ0) is 19.5. The first kappa shape index (κ1) is 17.6. The molecule has 0 bridgehead atoms. The van der Waals surface area contributed by atoms with E-state index in [4.69, 9.17) is 0 Å². The topological polar surface area (TPSA) is 49.9 Å². The molecule has 4 heteroatoms. The Balaban J connectivity index is 1.91. The Bertz CT molecular complexity index is 1260. The lowest BCUT2D eigenvalue weighted by Gasteiger charge is -2.11. The predicted octanol–water partition coefficient (Wildman–Crippen LogP) is 5.23. The summed E-state index contributed by atoms with van der Waals surface area (Å²) in [5.74, 6) is -0.906. The molecule has 4 aromatic rings. The number of hydrogen-bond donors (Lipinski definition) is 1. The van der Waals surface area contributed by atoms with Crippen molar-refractivity contribution in [1.29, 1.82) is 0 Å². The molecule has 28 heavy (non-hydrogen) atoms. The van der Waals surface area contributed by atoms with Crippen molar-refractivity contribution >= 4 is 22.8 Å². The van der Waals surface area contributed by atoms with E-state index in [1.807, 2.05) is 48.5 Å². The molecule has 0 aliphatic rings. The van der Waals surface area contributed by atoms with Gasteiger partial charge in [-0.05, 0) is 29.8 Å². The van der Waals surface area contributed by atoms with E-state index in [1.165, 1.54) is 18.2 Å². The largest absolute Gasteiger partial charge is 0.321 e. The number of ketones is 1. The van der Waals surface area contributed by atoms with E-state index >= 15 is 0 Å². The van der Waals surface area contributed by atoms with Crippen LogP contribution in [0, 0.1) is 5.82 Å². The molecule has 0 fully saturated rings. The van der Waals surface area contributed by atoms with Crippen LogP contribution >= 0.6 is 0 Å². The summed E-state index contributed by atoms with van der Waals surface area (Å²) in [4.78, 5) is 28.5. The number of rotatable bonds is 4. The number of allylic oxidation sites excluding steroid dienone is 1. The van der Waals surface area contributed by atoms with Crippen molar-refractivity contribution in [3.63, 3.8) is 0 Å². The third-order valence-corrected chi connectivity index (χ3v) is 4.55. The van der Waals surface area contributed by atoms with Crippen molar-refractivity contribution in [3.05, 3.63) is 112 Å². The summed E-state index contributed by atoms with van der Waals surface area (Å²) >= 11 is 0. The molecule has 1 N–H and O–H groups in total. The first-order valence-electron chi connectivity index (χ1n) is 8.82. The van der Waals surface area contributed by atoms with Crippen LogP contribution in [0.3, 0.4) is 0 Å². The van der Waals surface area contributed by atoms with Crippen molar-refractivity contribution < 1.29 is 9.18 Å². The van der Waals surface area contributed by atoms with Gasteiger partial charge in [0.2, 0.25) is 0 Å². The van der Waals surface area contributed by atoms with Gasteiger partial charge in [0.05, 0.1) is 5.56 Å². The lowest BCUT2D eigenvalue weighted by Crippen LogP contribution is -2.18. The van der Waals surface area contributed by atoms with Crippen LogP contribution in [0.25, 0.3) is 28.1 Å². The van der Waals surface area contributed by atoms with Gasteiger partial charge in [0.25, 0.3) is 5.56 Å². The van der Waals surface area contributed by atoms with E-state index in [-0.39, 0.29) is 11.1 Å². The third-order valence-electron chi connectivity index (χ3n) is 4.55. The number of aromatic amines is 1. The van der Waals surface area contributed by atoms with Crippen LogP contribution in [0.5, 0.6) is 0 Å². The second kappa shape index (κ2) is 7.45. The maximum atomic E-state index is 13.8. The number of hydrogen-bond acceptors (Lipinski definition) is 2. The SMILES string of the molecule is O=C(C=Cc1ccccc1F)c1c(-c2ccccc2)c2ccccc2[nH]c1=O. The van der Waals surface area contributed by atoms with Crippen LogP contribution in [0.2, 0.25) is 0 Å². The smallest absolute Gasteiger partial charge is 0.260 e. The summed E-state index contributed by atoms with van der Waals surface area (Å²) in [5.41, 5.74) is 1.85. The molecule has 0 radical (unpaired) electrons. The van der Waals surface area contributed by atoms with Gasteiger partial charge in [0, 0.05) is 22.0 Å². The number of carbonyl (C=O) groups is 1. The summed E-state index contributed by atoms with van der Waals surface area (Å²) in [6.07, 6.45) is 2.63. The number of benzene rings is 3. The highest BCUT2D eigenvalue weighted by molar-refractivity contribution is 6.15. The highest BCUT2D eigenvalue weighted by atomic mass is 19.1. The average molecular weight is 369 g/mol. The van der Waals surface area contributed by atoms with Crippen molar-refractivity contribution in [2.24, 2.45) is 0 Å². The number of H-pyrrole nitrogens is 1. The maximum absolute atomic E-state index is 13.8. The third kappa shape index (κ3) is 3.28. The Morgan fingerprint density at radius 1 is 0.857 bits per heavy atom. The van der Waals surface area contributed by atoms with Gasteiger partial charge in [-0.15, -0.1) is 0 Å². The van der Waals surface area contributed by atoms with Gasteiger partial charge in [0.15, 0.2) is 5.78 Å². The van der Waals surface area contributed by atoms with Crippen LogP contribution in [0.4, 0.5) is 4.39 Å². The van der Waals surface area contributed by atoms with Gasteiger partial charge in [-0.1, -0.05) is 66.7 Å². The number of para-hydroxylation sites is 1. The fourth-order valence-corrected chi connectivity index (χ4v) is 3.24. The summed E-state index contributed by atoms with van der Waals surface area (Å²) in [5, 5.41) is 0.774. The van der Waals surface area contributed by atoms with Gasteiger partial charge in [0.1, 0.15) is 5.82 Å². The van der Waals surface area contributed by atoms with Gasteiger partial charge in [-0.3, -0.25) is 9.59 Å². The Hall–Kier alpha value is -3.79. The fraction of sp³-hybridized carbons (Fsp3) is 0. The molecule has 3 nitrogen and oxygen atoms in total. The fourth-order valence-electron chi connectivity index (χ4n) is 3.24. The number of halogens is 1. The minimum atomic E-state index is -0.478. The number of pyridine rings is 1. The van der Waals surface area contributed by atoms with Crippen molar-refractivity contribution in [2.45, 2.75) is 0 Å². The molecule has 0 saturated carbocycles. The number of aromatic nitrogens is 1. The first-order chi connectivity index (χ1) is 13.6. The van der Waals surface area contributed by atoms with Crippen molar-refractivity contribution in [1.82, 2.24) is 4.98 Å². The second-order valence-electron chi connectivity index (χ2n) is 6.33. The quantitative estimate of drug-likeness (QED) is 0.395. The zero-order valence-corrected chi connectivity index (χ0v) is 14.9. The Labute approximate surface area is 160 Å². The van der Waals surface area contributed by atoms with E-state index in [0.717, 1.165) is 10.9 Å². The van der Waals surface area contributed by atoms with Gasteiger partial charge in [-0.2, -0.15) is 0 Å². The van der Waals surface area contributed by atoms with Crippen LogP contribution in [-0.2, 0) is 0 Å². The monoisotopic (exact) mass is 369 g/mol. The Kier molecular flexibility index (Phi) is 4.68. The zero-order valence-electron chi connectivity index (χ0n) is 14.9. The molecular weight excluding hydrogens is 353 g/mol. The van der Waals surface area contributed by atoms with Gasteiger partial charge >= 0.3 is 0 Å². The van der Waals surface area contributed by atoms with Crippen LogP contribution < -0.4 is 5.56 Å². The first-order valence-corrected chi connectivity index (χ1v) is 8.82. The molecule has 4 rings (SSSR count). The molecule has 0 aliphatic heterocycles. The molecular formula is C24H16FNO2. The lowest BCUT2D eigenvalue weighted by molar-refractivity contribution is 0.104. The molecule has 0 atom stereocenters. The molecule has 0 aliphatic carbocycles. The molecule has 1 heterocycles. The minimum Gasteiger partial charge on any atom is -0.321 e. The average Bonchev–Trinajstić information content (AvgIpc) is 2.72. The molecule has 0 saturated heterocycles. The van der Waals surface area contributed by atoms with Crippen molar-refractivity contribution in [3.8, 4) is 11.1 Å². The van der Waals surface area contributed by atoms with Crippen LogP contribution in [-0.4, -0.2) is 10.8 Å². The summed E-state index contributed by atoms with van der Waals surface area (Å²) in [7, 11) is 0. The Morgan fingerprint density at radius 3 is 2.32 bits per heavy atom. The second-order valence-corrected chi connectivity index (χ2v) is 6.33. The van der Waals surface area contributed by atoms with Gasteiger partial charge < -0.3 is 4.98 Å². The highest BCUT2D eigenvalue weighted by Gasteiger charge is 2.19. The normalized spacial score (nSPS) is 11.2. The standard InChI is InChI=1S/C24H16FNO2/c25-19-12-6-4-8-16(19)14-15-21(27)23-22(17-9-2-1-3-10-17)18-11-5-7-13-20(18)26-24(23)28/h1-15H,(H,26,28). The number of nitrogens with one attached hydrogen (secondary N) is 1. The summed E-state index contributed by atoms with van der Waals surface area (Å²) in [6, 6.07) is 22.8. The van der Waals surface area contributed by atoms with Gasteiger partial charge in [-0.25, -0.2) is 4.39 Å². The van der Waals surface area contributed by atoms with Crippen molar-refractivity contribution in [2.75, 3.05) is 0 Å². The van der Waals surface area contributed by atoms with Crippen LogP contribution in [0.15, 0.2) is 89.7 Å². The molecule has 1 aromatic heterocycles. The number of fused-ring (bicyclic) bond motifs is 1. The van der Waals surface area contributed by atoms with E-state index < -0.39 is 17.2 Å². The van der Waals surface area contributed by atoms with E-state index in [9.17, 15) is 14.0 Å². The van der Waals surface area contributed by atoms with E-state index in [2.05, 4.69) is 4.98 Å². The lowest BCUT2D eigenvalue weighted by atomic mass is 9.94. The van der Waals surface area contributed by atoms with E-state index in [0.29, 0.717) is 11.1 Å². The van der Waals surface area contributed by atoms with Crippen LogP contribution in [0.1, 0.15) is 15.9 Å². The molecule has 136 valence electrons. The van der Waals surface area contributed by atoms with E-state index in [1.54, 1.807) is 24.3 Å². The molecule has 3 aromatic carbocycles. The predicted molar refractivity (Wildman–Crippen MR) is 110 cm³/mol. The molecule has 0 unspecified atom stereocenters. The summed E-state index contributed by atoms with van der Waals surface area (Å²) in [6.45, 7) is 0.